The first-order chi connectivity index (χ1) is 9.56. The average Bonchev–Trinajstić information content (AvgIpc) is 2.73. The van der Waals surface area contributed by atoms with E-state index in [0.717, 1.165) is 5.56 Å². The number of benzene rings is 1. The molecule has 6 heteroatoms. The largest absolute Gasteiger partial charge is 0.369 e. The number of hydrogen-bond acceptors (Lipinski definition) is 3. The van der Waals surface area contributed by atoms with Gasteiger partial charge in [-0.3, -0.25) is 4.57 Å². The summed E-state index contributed by atoms with van der Waals surface area (Å²) in [5.41, 5.74) is 8.01. The predicted molar refractivity (Wildman–Crippen MR) is 77.2 cm³/mol. The molecule has 3 aromatic rings. The molecule has 2 aromatic heterocycles. The highest BCUT2D eigenvalue weighted by molar-refractivity contribution is 6.31. The van der Waals surface area contributed by atoms with Crippen molar-refractivity contribution in [1.82, 2.24) is 14.5 Å². The Hall–Kier alpha value is -2.14. The third kappa shape index (κ3) is 2.10. The highest BCUT2D eigenvalue weighted by Gasteiger charge is 2.17. The van der Waals surface area contributed by atoms with E-state index in [1.54, 1.807) is 22.9 Å². The van der Waals surface area contributed by atoms with Gasteiger partial charge in [0.1, 0.15) is 11.3 Å². The number of fused-ring (bicyclic) bond motifs is 1. The average molecular weight is 291 g/mol. The Morgan fingerprint density at radius 2 is 2.15 bits per heavy atom. The van der Waals surface area contributed by atoms with E-state index >= 15 is 0 Å². The van der Waals surface area contributed by atoms with Crippen molar-refractivity contribution in [3.05, 3.63) is 52.9 Å². The Balaban J connectivity index is 2.16. The Labute approximate surface area is 120 Å². The quantitative estimate of drug-likeness (QED) is 0.787. The van der Waals surface area contributed by atoms with E-state index < -0.39 is 0 Å². The van der Waals surface area contributed by atoms with Crippen molar-refractivity contribution >= 4 is 28.7 Å². The summed E-state index contributed by atoms with van der Waals surface area (Å²) >= 11 is 5.90. The first kappa shape index (κ1) is 12.9. The molecule has 20 heavy (non-hydrogen) atoms. The lowest BCUT2D eigenvalue weighted by atomic mass is 10.1. The number of nitrogens with two attached hydrogens (primary N) is 1. The second kappa shape index (κ2) is 4.76. The maximum absolute atomic E-state index is 13.3. The van der Waals surface area contributed by atoms with E-state index in [0.29, 0.717) is 22.1 Å². The van der Waals surface area contributed by atoms with Crippen LogP contribution >= 0.6 is 11.6 Å². The van der Waals surface area contributed by atoms with Gasteiger partial charge in [-0.05, 0) is 30.7 Å². The van der Waals surface area contributed by atoms with Gasteiger partial charge in [0, 0.05) is 6.20 Å². The lowest BCUT2D eigenvalue weighted by Crippen LogP contribution is -2.11. The maximum atomic E-state index is 13.3. The van der Waals surface area contributed by atoms with Crippen LogP contribution < -0.4 is 5.73 Å². The van der Waals surface area contributed by atoms with Crippen LogP contribution in [0.3, 0.4) is 0 Å². The van der Waals surface area contributed by atoms with Crippen LogP contribution in [0.4, 0.5) is 10.3 Å². The number of imidazole rings is 1. The lowest BCUT2D eigenvalue weighted by molar-refractivity contribution is 0.611. The molecular weight excluding hydrogens is 279 g/mol. The topological polar surface area (TPSA) is 56.7 Å². The summed E-state index contributed by atoms with van der Waals surface area (Å²) in [5, 5.41) is 0.501. The summed E-state index contributed by atoms with van der Waals surface area (Å²) in [7, 11) is 0. The van der Waals surface area contributed by atoms with Crippen molar-refractivity contribution < 1.29 is 4.39 Å². The summed E-state index contributed by atoms with van der Waals surface area (Å²) in [6.07, 6.45) is 1.54. The number of anilines is 1. The summed E-state index contributed by atoms with van der Waals surface area (Å²) in [6, 6.07) is 7.92. The molecule has 0 radical (unpaired) electrons. The van der Waals surface area contributed by atoms with Crippen LogP contribution in [-0.4, -0.2) is 14.5 Å². The molecule has 2 N–H and O–H groups in total. The van der Waals surface area contributed by atoms with Gasteiger partial charge in [0.15, 0.2) is 5.65 Å². The van der Waals surface area contributed by atoms with Gasteiger partial charge in [-0.1, -0.05) is 23.7 Å². The molecule has 0 bridgehead atoms. The first-order valence-corrected chi connectivity index (χ1v) is 6.48. The minimum atomic E-state index is -0.284. The fourth-order valence-electron chi connectivity index (χ4n) is 2.27. The van der Waals surface area contributed by atoms with Crippen LogP contribution in [0.2, 0.25) is 5.02 Å². The molecule has 4 nitrogen and oxygen atoms in total. The zero-order valence-corrected chi connectivity index (χ0v) is 11.5. The molecule has 0 saturated heterocycles. The lowest BCUT2D eigenvalue weighted by Gasteiger charge is -2.15. The van der Waals surface area contributed by atoms with Crippen molar-refractivity contribution in [3.8, 4) is 0 Å². The van der Waals surface area contributed by atoms with Crippen LogP contribution in [0.25, 0.3) is 11.2 Å². The van der Waals surface area contributed by atoms with Gasteiger partial charge in [-0.15, -0.1) is 0 Å². The number of halogens is 2. The second-order valence-electron chi connectivity index (χ2n) is 4.57. The van der Waals surface area contributed by atoms with E-state index in [9.17, 15) is 4.39 Å². The number of pyridine rings is 1. The maximum Gasteiger partial charge on any atom is 0.203 e. The fraction of sp³-hybridized carbons (Fsp3) is 0.143. The van der Waals surface area contributed by atoms with Crippen molar-refractivity contribution in [2.24, 2.45) is 0 Å². The molecule has 1 atom stereocenters. The molecule has 102 valence electrons. The molecule has 0 spiro atoms. The van der Waals surface area contributed by atoms with Crippen molar-refractivity contribution in [3.63, 3.8) is 0 Å². The Morgan fingerprint density at radius 3 is 2.90 bits per heavy atom. The van der Waals surface area contributed by atoms with Gasteiger partial charge in [0.05, 0.1) is 11.1 Å². The SMILES string of the molecule is CC(c1cccc(F)c1)n1c(N)nc2cc(Cl)cnc21. The summed E-state index contributed by atoms with van der Waals surface area (Å²) in [4.78, 5) is 8.51. The summed E-state index contributed by atoms with van der Waals surface area (Å²) in [6.45, 7) is 1.92. The Morgan fingerprint density at radius 1 is 1.35 bits per heavy atom. The van der Waals surface area contributed by atoms with Crippen molar-refractivity contribution in [2.75, 3.05) is 5.73 Å². The van der Waals surface area contributed by atoms with E-state index in [2.05, 4.69) is 9.97 Å². The van der Waals surface area contributed by atoms with Crippen molar-refractivity contribution in [2.45, 2.75) is 13.0 Å². The molecule has 0 aliphatic rings. The van der Waals surface area contributed by atoms with E-state index in [-0.39, 0.29) is 11.9 Å². The van der Waals surface area contributed by atoms with Gasteiger partial charge in [0.2, 0.25) is 5.95 Å². The van der Waals surface area contributed by atoms with Crippen LogP contribution in [-0.2, 0) is 0 Å². The number of aromatic nitrogens is 3. The van der Waals surface area contributed by atoms with E-state index in [1.807, 2.05) is 13.0 Å². The second-order valence-corrected chi connectivity index (χ2v) is 5.00. The van der Waals surface area contributed by atoms with Gasteiger partial charge < -0.3 is 5.73 Å². The fourth-order valence-corrected chi connectivity index (χ4v) is 2.42. The van der Waals surface area contributed by atoms with Gasteiger partial charge in [-0.2, -0.15) is 0 Å². The molecule has 0 fully saturated rings. The molecule has 0 aliphatic heterocycles. The van der Waals surface area contributed by atoms with E-state index in [4.69, 9.17) is 17.3 Å². The molecule has 0 amide bonds. The zero-order chi connectivity index (χ0) is 14.3. The molecule has 1 aromatic carbocycles. The number of rotatable bonds is 2. The monoisotopic (exact) mass is 290 g/mol. The molecular formula is C14H12ClFN4. The van der Waals surface area contributed by atoms with Crippen LogP contribution in [0.1, 0.15) is 18.5 Å². The van der Waals surface area contributed by atoms with Crippen LogP contribution in [0, 0.1) is 5.82 Å². The molecule has 1 unspecified atom stereocenters. The highest BCUT2D eigenvalue weighted by atomic mass is 35.5. The number of nitrogens with zero attached hydrogens (tertiary/aromatic N) is 3. The highest BCUT2D eigenvalue weighted by Crippen LogP contribution is 2.27. The van der Waals surface area contributed by atoms with Crippen LogP contribution in [0.5, 0.6) is 0 Å². The Bertz CT molecular complexity index is 784. The summed E-state index contributed by atoms with van der Waals surface area (Å²) in [5.74, 6) is 0.0415. The van der Waals surface area contributed by atoms with E-state index in [1.165, 1.54) is 12.1 Å². The zero-order valence-electron chi connectivity index (χ0n) is 10.7. The molecule has 2 heterocycles. The number of hydrogen-bond donors (Lipinski definition) is 1. The minimum absolute atomic E-state index is 0.177. The van der Waals surface area contributed by atoms with Crippen molar-refractivity contribution in [1.29, 1.82) is 0 Å². The number of nitrogen functional groups attached to an aromatic ring is 1. The third-order valence-electron chi connectivity index (χ3n) is 3.24. The third-order valence-corrected chi connectivity index (χ3v) is 3.45. The summed E-state index contributed by atoms with van der Waals surface area (Å²) < 4.78 is 15.1. The standard InChI is InChI=1S/C14H12ClFN4/c1-8(9-3-2-4-11(16)5-9)20-13-12(19-14(20)17)6-10(15)7-18-13/h2-8H,1H3,(H2,17,19). The Kier molecular flexibility index (Phi) is 3.06. The van der Waals surface area contributed by atoms with Gasteiger partial charge in [0.25, 0.3) is 0 Å². The van der Waals surface area contributed by atoms with Gasteiger partial charge >= 0.3 is 0 Å². The molecule has 3 rings (SSSR count). The molecule has 0 aliphatic carbocycles. The van der Waals surface area contributed by atoms with Crippen LogP contribution in [0.15, 0.2) is 36.5 Å². The predicted octanol–water partition coefficient (Wildman–Crippen LogP) is 3.42. The normalized spacial score (nSPS) is 12.8. The minimum Gasteiger partial charge on any atom is -0.369 e. The molecule has 0 saturated carbocycles. The smallest absolute Gasteiger partial charge is 0.203 e. The van der Waals surface area contributed by atoms with Gasteiger partial charge in [-0.25, -0.2) is 14.4 Å². The first-order valence-electron chi connectivity index (χ1n) is 6.10.